The van der Waals surface area contributed by atoms with Gasteiger partial charge >= 0.3 is 5.97 Å². The van der Waals surface area contributed by atoms with E-state index in [4.69, 9.17) is 10.5 Å². The van der Waals surface area contributed by atoms with Crippen molar-refractivity contribution in [3.63, 3.8) is 0 Å². The van der Waals surface area contributed by atoms with Crippen molar-refractivity contribution in [1.82, 2.24) is 9.78 Å². The van der Waals surface area contributed by atoms with Gasteiger partial charge in [0.15, 0.2) is 0 Å². The number of carbonyl (C=O) groups is 1. The predicted molar refractivity (Wildman–Crippen MR) is 71.6 cm³/mol. The summed E-state index contributed by atoms with van der Waals surface area (Å²) in [6.45, 7) is 2.05. The van der Waals surface area contributed by atoms with E-state index in [0.29, 0.717) is 6.61 Å². The van der Waals surface area contributed by atoms with E-state index in [1.165, 1.54) is 10.9 Å². The van der Waals surface area contributed by atoms with Gasteiger partial charge in [0.05, 0.1) is 18.5 Å². The van der Waals surface area contributed by atoms with Gasteiger partial charge in [-0.25, -0.2) is 9.48 Å². The highest BCUT2D eigenvalue weighted by Gasteiger charge is 2.16. The van der Waals surface area contributed by atoms with Crippen molar-refractivity contribution < 1.29 is 9.53 Å². The Labute approximate surface area is 113 Å². The molecule has 6 heteroatoms. The third-order valence-electron chi connectivity index (χ3n) is 2.37. The maximum atomic E-state index is 11.6. The molecular weight excluding hydrogens is 298 g/mol. The molecule has 1 aromatic carbocycles. The standard InChI is InChI=1S/C12H12BrN3O2/c1-2-18-12(17)10-7-15-16(11(10)14)9-5-3-8(13)4-6-9/h3-7H,2,14H2,1H3. The zero-order valence-electron chi connectivity index (χ0n) is 9.76. The Bertz CT molecular complexity index is 563. The lowest BCUT2D eigenvalue weighted by Crippen LogP contribution is -2.08. The Morgan fingerprint density at radius 2 is 2.11 bits per heavy atom. The molecule has 0 aliphatic rings. The van der Waals surface area contributed by atoms with Gasteiger partial charge in [-0.1, -0.05) is 15.9 Å². The Morgan fingerprint density at radius 3 is 2.72 bits per heavy atom. The predicted octanol–water partition coefficient (Wildman–Crippen LogP) is 2.39. The molecule has 94 valence electrons. The SMILES string of the molecule is CCOC(=O)c1cnn(-c2ccc(Br)cc2)c1N. The van der Waals surface area contributed by atoms with E-state index in [-0.39, 0.29) is 11.4 Å². The quantitative estimate of drug-likeness (QED) is 0.884. The molecule has 0 amide bonds. The van der Waals surface area contributed by atoms with Crippen LogP contribution < -0.4 is 5.73 Å². The number of ether oxygens (including phenoxy) is 1. The molecule has 0 aliphatic carbocycles. The van der Waals surface area contributed by atoms with Crippen LogP contribution in [0, 0.1) is 0 Å². The molecule has 0 aliphatic heterocycles. The summed E-state index contributed by atoms with van der Waals surface area (Å²) in [6.07, 6.45) is 1.41. The lowest BCUT2D eigenvalue weighted by atomic mass is 10.3. The zero-order valence-corrected chi connectivity index (χ0v) is 11.3. The third kappa shape index (κ3) is 2.38. The number of carbonyl (C=O) groups excluding carboxylic acids is 1. The van der Waals surface area contributed by atoms with Crippen LogP contribution in [-0.4, -0.2) is 22.4 Å². The summed E-state index contributed by atoms with van der Waals surface area (Å²) in [4.78, 5) is 11.6. The lowest BCUT2D eigenvalue weighted by molar-refractivity contribution is 0.0527. The molecule has 0 atom stereocenters. The average Bonchev–Trinajstić information content (AvgIpc) is 2.73. The van der Waals surface area contributed by atoms with Gasteiger partial charge < -0.3 is 10.5 Å². The molecule has 0 saturated carbocycles. The first-order valence-corrected chi connectivity index (χ1v) is 6.19. The minimum atomic E-state index is -0.460. The Kier molecular flexibility index (Phi) is 3.66. The van der Waals surface area contributed by atoms with E-state index in [1.807, 2.05) is 24.3 Å². The number of rotatable bonds is 3. The fraction of sp³-hybridized carbons (Fsp3) is 0.167. The summed E-state index contributed by atoms with van der Waals surface area (Å²) < 4.78 is 7.36. The van der Waals surface area contributed by atoms with Gasteiger partial charge in [0, 0.05) is 4.47 Å². The normalized spacial score (nSPS) is 10.3. The Morgan fingerprint density at radius 1 is 1.44 bits per heavy atom. The number of anilines is 1. The maximum Gasteiger partial charge on any atom is 0.343 e. The van der Waals surface area contributed by atoms with Crippen LogP contribution in [-0.2, 0) is 4.74 Å². The van der Waals surface area contributed by atoms with Crippen LogP contribution >= 0.6 is 15.9 Å². The van der Waals surface area contributed by atoms with Crippen molar-refractivity contribution >= 4 is 27.7 Å². The number of benzene rings is 1. The van der Waals surface area contributed by atoms with Crippen molar-refractivity contribution in [1.29, 1.82) is 0 Å². The fourth-order valence-electron chi connectivity index (χ4n) is 1.51. The van der Waals surface area contributed by atoms with Crippen LogP contribution in [0.25, 0.3) is 5.69 Å². The summed E-state index contributed by atoms with van der Waals surface area (Å²) in [5, 5.41) is 4.09. The summed E-state index contributed by atoms with van der Waals surface area (Å²) in [5.41, 5.74) is 6.95. The van der Waals surface area contributed by atoms with Crippen LogP contribution in [0.5, 0.6) is 0 Å². The van der Waals surface area contributed by atoms with E-state index in [0.717, 1.165) is 10.2 Å². The first-order chi connectivity index (χ1) is 8.63. The second kappa shape index (κ2) is 5.22. The van der Waals surface area contributed by atoms with Crippen molar-refractivity contribution in [3.05, 3.63) is 40.5 Å². The van der Waals surface area contributed by atoms with E-state index >= 15 is 0 Å². The molecule has 0 saturated heterocycles. The molecule has 18 heavy (non-hydrogen) atoms. The van der Waals surface area contributed by atoms with E-state index in [1.54, 1.807) is 6.92 Å². The van der Waals surface area contributed by atoms with Crippen LogP contribution in [0.3, 0.4) is 0 Å². The highest BCUT2D eigenvalue weighted by Crippen LogP contribution is 2.19. The molecule has 2 aromatic rings. The summed E-state index contributed by atoms with van der Waals surface area (Å²) >= 11 is 3.35. The largest absolute Gasteiger partial charge is 0.462 e. The van der Waals surface area contributed by atoms with Crippen LogP contribution in [0.4, 0.5) is 5.82 Å². The molecule has 0 unspecified atom stereocenters. The monoisotopic (exact) mass is 309 g/mol. The van der Waals surface area contributed by atoms with Crippen LogP contribution in [0.1, 0.15) is 17.3 Å². The highest BCUT2D eigenvalue weighted by molar-refractivity contribution is 9.10. The Balaban J connectivity index is 2.36. The molecular formula is C12H12BrN3O2. The van der Waals surface area contributed by atoms with Crippen LogP contribution in [0.2, 0.25) is 0 Å². The molecule has 0 spiro atoms. The van der Waals surface area contributed by atoms with Crippen molar-refractivity contribution in [3.8, 4) is 5.69 Å². The zero-order chi connectivity index (χ0) is 13.1. The number of esters is 1. The van der Waals surface area contributed by atoms with Gasteiger partial charge in [-0.3, -0.25) is 0 Å². The molecule has 1 aromatic heterocycles. The lowest BCUT2D eigenvalue weighted by Gasteiger charge is -2.05. The average molecular weight is 310 g/mol. The number of nitrogens with two attached hydrogens (primary N) is 1. The number of hydrogen-bond acceptors (Lipinski definition) is 4. The van der Waals surface area contributed by atoms with Crippen molar-refractivity contribution in [2.24, 2.45) is 0 Å². The van der Waals surface area contributed by atoms with Gasteiger partial charge in [-0.2, -0.15) is 5.10 Å². The number of nitrogen functional groups attached to an aromatic ring is 1. The first-order valence-electron chi connectivity index (χ1n) is 5.40. The third-order valence-corrected chi connectivity index (χ3v) is 2.90. The minimum Gasteiger partial charge on any atom is -0.462 e. The minimum absolute atomic E-state index is 0.274. The van der Waals surface area contributed by atoms with Gasteiger partial charge in [-0.15, -0.1) is 0 Å². The number of nitrogens with zero attached hydrogens (tertiary/aromatic N) is 2. The molecule has 2 rings (SSSR count). The van der Waals surface area contributed by atoms with Gasteiger partial charge in [0.2, 0.25) is 0 Å². The van der Waals surface area contributed by atoms with Gasteiger partial charge in [0.25, 0.3) is 0 Å². The Hall–Kier alpha value is -1.82. The smallest absolute Gasteiger partial charge is 0.343 e. The van der Waals surface area contributed by atoms with E-state index in [2.05, 4.69) is 21.0 Å². The molecule has 0 fully saturated rings. The molecule has 0 radical (unpaired) electrons. The second-order valence-corrected chi connectivity index (χ2v) is 4.47. The molecule has 0 bridgehead atoms. The molecule has 5 nitrogen and oxygen atoms in total. The maximum absolute atomic E-state index is 11.6. The molecule has 1 heterocycles. The topological polar surface area (TPSA) is 70.1 Å². The summed E-state index contributed by atoms with van der Waals surface area (Å²) in [7, 11) is 0. The van der Waals surface area contributed by atoms with Gasteiger partial charge in [0.1, 0.15) is 11.4 Å². The number of halogens is 1. The van der Waals surface area contributed by atoms with Gasteiger partial charge in [-0.05, 0) is 31.2 Å². The van der Waals surface area contributed by atoms with Crippen molar-refractivity contribution in [2.75, 3.05) is 12.3 Å². The van der Waals surface area contributed by atoms with E-state index < -0.39 is 5.97 Å². The van der Waals surface area contributed by atoms with E-state index in [9.17, 15) is 4.79 Å². The fourth-order valence-corrected chi connectivity index (χ4v) is 1.78. The summed E-state index contributed by atoms with van der Waals surface area (Å²) in [5.74, 6) is -0.186. The number of aromatic nitrogens is 2. The molecule has 2 N–H and O–H groups in total. The number of hydrogen-bond donors (Lipinski definition) is 1. The second-order valence-electron chi connectivity index (χ2n) is 3.55. The highest BCUT2D eigenvalue weighted by atomic mass is 79.9. The van der Waals surface area contributed by atoms with Crippen LogP contribution in [0.15, 0.2) is 34.9 Å². The first kappa shape index (κ1) is 12.6. The van der Waals surface area contributed by atoms with Crippen molar-refractivity contribution in [2.45, 2.75) is 6.92 Å². The summed E-state index contributed by atoms with van der Waals surface area (Å²) in [6, 6.07) is 7.45.